The molecule has 0 spiro atoms. The van der Waals surface area contributed by atoms with Crippen LogP contribution in [0.15, 0.2) is 77.5 Å². The van der Waals surface area contributed by atoms with E-state index in [1.165, 1.54) is 0 Å². The molecule has 0 saturated heterocycles. The summed E-state index contributed by atoms with van der Waals surface area (Å²) >= 11 is 12.3. The molecule has 4 rings (SSSR count). The monoisotopic (exact) mass is 507 g/mol. The van der Waals surface area contributed by atoms with E-state index in [0.29, 0.717) is 16.1 Å². The van der Waals surface area contributed by atoms with Crippen LogP contribution in [-0.4, -0.2) is 22.6 Å². The van der Waals surface area contributed by atoms with Crippen LogP contribution < -0.4 is 10.6 Å². The Morgan fingerprint density at radius 2 is 1.63 bits per heavy atom. The van der Waals surface area contributed by atoms with Gasteiger partial charge in [0.1, 0.15) is 10.7 Å². The van der Waals surface area contributed by atoms with Crippen LogP contribution in [0.4, 0.5) is 5.69 Å². The first-order chi connectivity index (χ1) is 16.7. The summed E-state index contributed by atoms with van der Waals surface area (Å²) < 4.78 is 0. The molecule has 0 atom stereocenters. The molecule has 2 N–H and O–H groups in total. The summed E-state index contributed by atoms with van der Waals surface area (Å²) in [6.07, 6.45) is 0. The van der Waals surface area contributed by atoms with Crippen LogP contribution in [0.5, 0.6) is 0 Å². The topological polar surface area (TPSA) is 78.5 Å². The molecule has 0 aromatic heterocycles. The Kier molecular flexibility index (Phi) is 7.24. The van der Waals surface area contributed by atoms with Crippen molar-refractivity contribution in [3.8, 4) is 0 Å². The number of nitrogens with zero attached hydrogens (tertiary/aromatic N) is 1. The third kappa shape index (κ3) is 5.39. The molecule has 1 aliphatic heterocycles. The molecule has 0 aliphatic carbocycles. The second kappa shape index (κ2) is 10.3. The molecule has 35 heavy (non-hydrogen) atoms. The zero-order valence-corrected chi connectivity index (χ0v) is 20.7. The van der Waals surface area contributed by atoms with E-state index in [1.807, 2.05) is 32.0 Å². The summed E-state index contributed by atoms with van der Waals surface area (Å²) in [4.78, 5) is 39.1. The van der Waals surface area contributed by atoms with Gasteiger partial charge in [0.05, 0.1) is 6.54 Å². The van der Waals surface area contributed by atoms with Crippen LogP contribution in [0.1, 0.15) is 32.6 Å². The lowest BCUT2D eigenvalue weighted by atomic mass is 10.1. The second-order valence-corrected chi connectivity index (χ2v) is 9.08. The Morgan fingerprint density at radius 3 is 2.34 bits per heavy atom. The second-order valence-electron chi connectivity index (χ2n) is 8.30. The first kappa shape index (κ1) is 24.5. The number of rotatable bonds is 7. The van der Waals surface area contributed by atoms with Gasteiger partial charge in [-0.15, -0.1) is 0 Å². The van der Waals surface area contributed by atoms with E-state index in [4.69, 9.17) is 23.2 Å². The minimum Gasteiger partial charge on any atom is -0.375 e. The fourth-order valence-corrected chi connectivity index (χ4v) is 4.11. The Hall–Kier alpha value is -3.61. The Labute approximate surface area is 213 Å². The summed E-state index contributed by atoms with van der Waals surface area (Å²) in [5.74, 6) is -1.29. The van der Waals surface area contributed by atoms with Crippen LogP contribution in [0.25, 0.3) is 0 Å². The van der Waals surface area contributed by atoms with Crippen molar-refractivity contribution >= 4 is 46.6 Å². The zero-order valence-electron chi connectivity index (χ0n) is 19.2. The van der Waals surface area contributed by atoms with Gasteiger partial charge in [0.25, 0.3) is 17.7 Å². The third-order valence-corrected chi connectivity index (χ3v) is 6.44. The number of nitrogens with one attached hydrogen (secondary N) is 2. The summed E-state index contributed by atoms with van der Waals surface area (Å²) in [6.45, 7) is 4.19. The first-order valence-electron chi connectivity index (χ1n) is 11.0. The molecule has 0 saturated carbocycles. The van der Waals surface area contributed by atoms with Gasteiger partial charge in [-0.3, -0.25) is 19.3 Å². The number of carbonyl (C=O) groups is 3. The number of hydrogen-bond donors (Lipinski definition) is 2. The highest BCUT2D eigenvalue weighted by molar-refractivity contribution is 6.47. The van der Waals surface area contributed by atoms with Gasteiger partial charge in [-0.1, -0.05) is 65.7 Å². The van der Waals surface area contributed by atoms with Gasteiger partial charge < -0.3 is 10.6 Å². The summed E-state index contributed by atoms with van der Waals surface area (Å²) in [6, 6.07) is 19.9. The number of halogens is 2. The standard InChI is InChI=1S/C27H23Cl2N3O3/c1-16-7-8-17(2)22(13-16)31-25(33)19-11-9-18(10-12-19)14-30-24-23(29)26(34)32(27(24)35)15-20-5-3-4-6-21(20)28/h3-13,30H,14-15H2,1-2H3,(H,31,33). The number of hydrogen-bond acceptors (Lipinski definition) is 4. The Balaban J connectivity index is 1.39. The Morgan fingerprint density at radius 1 is 0.914 bits per heavy atom. The molecule has 0 bridgehead atoms. The molecule has 6 nitrogen and oxygen atoms in total. The Bertz CT molecular complexity index is 1350. The SMILES string of the molecule is Cc1ccc(C)c(NC(=O)c2ccc(CNC3=C(Cl)C(=O)N(Cc4ccccc4Cl)C3=O)cc2)c1. The maximum absolute atomic E-state index is 12.8. The molecule has 1 heterocycles. The van der Waals surface area contributed by atoms with Crippen LogP contribution in [-0.2, 0) is 22.7 Å². The predicted molar refractivity (Wildman–Crippen MR) is 137 cm³/mol. The number of carbonyl (C=O) groups excluding carboxylic acids is 3. The molecule has 0 unspecified atom stereocenters. The largest absolute Gasteiger partial charge is 0.375 e. The lowest BCUT2D eigenvalue weighted by Crippen LogP contribution is -2.33. The summed E-state index contributed by atoms with van der Waals surface area (Å²) in [7, 11) is 0. The van der Waals surface area contributed by atoms with E-state index in [9.17, 15) is 14.4 Å². The van der Waals surface area contributed by atoms with Gasteiger partial charge in [0.15, 0.2) is 0 Å². The molecule has 8 heteroatoms. The van der Waals surface area contributed by atoms with Crippen molar-refractivity contribution in [2.24, 2.45) is 0 Å². The van der Waals surface area contributed by atoms with E-state index in [1.54, 1.807) is 48.5 Å². The molecule has 3 aromatic carbocycles. The molecule has 178 valence electrons. The van der Waals surface area contributed by atoms with Crippen LogP contribution in [0.2, 0.25) is 5.02 Å². The van der Waals surface area contributed by atoms with E-state index < -0.39 is 11.8 Å². The van der Waals surface area contributed by atoms with Crippen molar-refractivity contribution in [3.63, 3.8) is 0 Å². The van der Waals surface area contributed by atoms with E-state index in [-0.39, 0.29) is 29.7 Å². The molecular weight excluding hydrogens is 485 g/mol. The maximum Gasteiger partial charge on any atom is 0.278 e. The van der Waals surface area contributed by atoms with Crippen molar-refractivity contribution in [2.45, 2.75) is 26.9 Å². The average Bonchev–Trinajstić information content (AvgIpc) is 3.04. The quantitative estimate of drug-likeness (QED) is 0.424. The highest BCUT2D eigenvalue weighted by Crippen LogP contribution is 2.26. The fourth-order valence-electron chi connectivity index (χ4n) is 3.67. The van der Waals surface area contributed by atoms with Gasteiger partial charge in [-0.2, -0.15) is 0 Å². The number of aryl methyl sites for hydroxylation is 2. The average molecular weight is 508 g/mol. The smallest absolute Gasteiger partial charge is 0.278 e. The highest BCUT2D eigenvalue weighted by atomic mass is 35.5. The molecule has 3 amide bonds. The van der Waals surface area contributed by atoms with Gasteiger partial charge in [-0.05, 0) is 60.4 Å². The number of anilines is 1. The molecule has 3 aromatic rings. The molecule has 0 radical (unpaired) electrons. The lowest BCUT2D eigenvalue weighted by Gasteiger charge is -2.16. The van der Waals surface area contributed by atoms with Crippen LogP contribution in [0, 0.1) is 13.8 Å². The highest BCUT2D eigenvalue weighted by Gasteiger charge is 2.37. The summed E-state index contributed by atoms with van der Waals surface area (Å²) in [5.41, 5.74) is 4.82. The minimum absolute atomic E-state index is 0.0307. The first-order valence-corrected chi connectivity index (χ1v) is 11.7. The fraction of sp³-hybridized carbons (Fsp3) is 0.148. The van der Waals surface area contributed by atoms with Crippen molar-refractivity contribution < 1.29 is 14.4 Å². The van der Waals surface area contributed by atoms with E-state index >= 15 is 0 Å². The zero-order chi connectivity index (χ0) is 25.1. The third-order valence-electron chi connectivity index (χ3n) is 5.72. The van der Waals surface area contributed by atoms with Crippen molar-refractivity contribution in [2.75, 3.05) is 5.32 Å². The molecular formula is C27H23Cl2N3O3. The molecule has 0 fully saturated rings. The van der Waals surface area contributed by atoms with Crippen molar-refractivity contribution in [1.29, 1.82) is 0 Å². The molecule has 1 aliphatic rings. The van der Waals surface area contributed by atoms with Gasteiger partial charge in [-0.25, -0.2) is 0 Å². The van der Waals surface area contributed by atoms with Crippen molar-refractivity contribution in [1.82, 2.24) is 10.2 Å². The van der Waals surface area contributed by atoms with E-state index in [0.717, 1.165) is 27.3 Å². The normalized spacial score (nSPS) is 13.4. The van der Waals surface area contributed by atoms with Gasteiger partial charge in [0, 0.05) is 22.8 Å². The number of imide groups is 1. The maximum atomic E-state index is 12.8. The number of benzene rings is 3. The van der Waals surface area contributed by atoms with Gasteiger partial charge in [0.2, 0.25) is 0 Å². The van der Waals surface area contributed by atoms with Crippen LogP contribution >= 0.6 is 23.2 Å². The predicted octanol–water partition coefficient (Wildman–Crippen LogP) is 5.32. The number of amides is 3. The van der Waals surface area contributed by atoms with Crippen molar-refractivity contribution in [3.05, 3.63) is 110 Å². The van der Waals surface area contributed by atoms with Crippen LogP contribution in [0.3, 0.4) is 0 Å². The van der Waals surface area contributed by atoms with Gasteiger partial charge >= 0.3 is 0 Å². The summed E-state index contributed by atoms with van der Waals surface area (Å²) in [5, 5.41) is 6.20. The lowest BCUT2D eigenvalue weighted by molar-refractivity contribution is -0.138. The van der Waals surface area contributed by atoms with E-state index in [2.05, 4.69) is 10.6 Å². The minimum atomic E-state index is -0.572.